The van der Waals surface area contributed by atoms with Gasteiger partial charge >= 0.3 is 0 Å². The van der Waals surface area contributed by atoms with E-state index >= 15 is 0 Å². The molecule has 3 aromatic rings. The molecule has 6 heteroatoms. The van der Waals surface area contributed by atoms with Crippen LogP contribution in [0.4, 0.5) is 4.39 Å². The molecule has 0 atom stereocenters. The topological polar surface area (TPSA) is 39.9 Å². The van der Waals surface area contributed by atoms with E-state index in [1.54, 1.807) is 18.2 Å². The van der Waals surface area contributed by atoms with E-state index in [9.17, 15) is 4.39 Å². The molecule has 2 aromatic carbocycles. The van der Waals surface area contributed by atoms with Crippen molar-refractivity contribution in [2.75, 3.05) is 0 Å². The van der Waals surface area contributed by atoms with Crippen LogP contribution in [0.15, 0.2) is 66.3 Å². The summed E-state index contributed by atoms with van der Waals surface area (Å²) in [6.45, 7) is 6.70. The van der Waals surface area contributed by atoms with E-state index in [4.69, 9.17) is 4.74 Å². The Morgan fingerprint density at radius 3 is 2.65 bits per heavy atom. The van der Waals surface area contributed by atoms with Gasteiger partial charge in [-0.05, 0) is 30.7 Å². The van der Waals surface area contributed by atoms with Crippen molar-refractivity contribution in [1.29, 1.82) is 0 Å². The minimum Gasteiger partial charge on any atom is -0.486 e. The average molecular weight is 369 g/mol. The molecule has 0 aliphatic heterocycles. The second-order valence-electron chi connectivity index (χ2n) is 5.78. The Morgan fingerprint density at radius 1 is 1.15 bits per heavy atom. The number of hydrogen-bond donors (Lipinski definition) is 0. The Balaban J connectivity index is 1.70. The van der Waals surface area contributed by atoms with Crippen LogP contribution in [0.25, 0.3) is 0 Å². The van der Waals surface area contributed by atoms with Crippen LogP contribution in [0, 0.1) is 12.7 Å². The summed E-state index contributed by atoms with van der Waals surface area (Å²) in [4.78, 5) is 0. The molecule has 0 radical (unpaired) electrons. The first kappa shape index (κ1) is 18.2. The fourth-order valence-corrected chi connectivity index (χ4v) is 3.34. The second-order valence-corrected chi connectivity index (χ2v) is 6.72. The van der Waals surface area contributed by atoms with Gasteiger partial charge < -0.3 is 4.74 Å². The molecular formula is C20H20FN3OS. The number of aryl methyl sites for hydroxylation is 1. The molecular weight excluding hydrogens is 349 g/mol. The highest BCUT2D eigenvalue weighted by Gasteiger charge is 2.13. The molecule has 26 heavy (non-hydrogen) atoms. The number of rotatable bonds is 8. The number of halogens is 1. The molecule has 0 saturated carbocycles. The van der Waals surface area contributed by atoms with E-state index < -0.39 is 0 Å². The van der Waals surface area contributed by atoms with E-state index in [-0.39, 0.29) is 5.82 Å². The van der Waals surface area contributed by atoms with Gasteiger partial charge in [0.2, 0.25) is 0 Å². The van der Waals surface area contributed by atoms with Gasteiger partial charge in [-0.3, -0.25) is 4.57 Å². The normalized spacial score (nSPS) is 10.7. The molecule has 0 N–H and O–H groups in total. The third-order valence-electron chi connectivity index (χ3n) is 3.81. The summed E-state index contributed by atoms with van der Waals surface area (Å²) in [5.74, 6) is 1.77. The minimum absolute atomic E-state index is 0.210. The molecule has 3 rings (SSSR count). The van der Waals surface area contributed by atoms with Gasteiger partial charge in [0.1, 0.15) is 18.2 Å². The maximum atomic E-state index is 13.8. The largest absolute Gasteiger partial charge is 0.486 e. The Morgan fingerprint density at radius 2 is 1.92 bits per heavy atom. The van der Waals surface area contributed by atoms with Crippen LogP contribution in [-0.2, 0) is 18.9 Å². The van der Waals surface area contributed by atoms with Crippen LogP contribution in [-0.4, -0.2) is 14.8 Å². The quantitative estimate of drug-likeness (QED) is 0.423. The lowest BCUT2D eigenvalue weighted by atomic mass is 10.2. The first-order valence-electron chi connectivity index (χ1n) is 8.26. The molecule has 0 aliphatic rings. The van der Waals surface area contributed by atoms with Crippen molar-refractivity contribution in [3.05, 3.63) is 84.0 Å². The molecule has 0 saturated heterocycles. The highest BCUT2D eigenvalue weighted by atomic mass is 32.2. The van der Waals surface area contributed by atoms with Crippen molar-refractivity contribution >= 4 is 11.8 Å². The van der Waals surface area contributed by atoms with Crippen LogP contribution in [0.2, 0.25) is 0 Å². The Labute approximate surface area is 156 Å². The van der Waals surface area contributed by atoms with E-state index in [2.05, 4.69) is 16.8 Å². The standard InChI is InChI=1S/C20H20FN3OS/c1-3-12-24-19(13-25-17-10-8-15(2)9-11-17)22-23-20(24)26-14-16-6-4-5-7-18(16)21/h3-11H,1,12-14H2,2H3. The number of aromatic nitrogens is 3. The van der Waals surface area contributed by atoms with Gasteiger partial charge in [-0.25, -0.2) is 4.39 Å². The molecule has 1 heterocycles. The molecule has 0 bridgehead atoms. The zero-order chi connectivity index (χ0) is 18.4. The van der Waals surface area contributed by atoms with E-state index in [1.165, 1.54) is 23.4 Å². The van der Waals surface area contributed by atoms with Crippen LogP contribution in [0.5, 0.6) is 5.75 Å². The van der Waals surface area contributed by atoms with E-state index in [0.29, 0.717) is 30.3 Å². The fourth-order valence-electron chi connectivity index (χ4n) is 2.39. The summed E-state index contributed by atoms with van der Waals surface area (Å²) in [5.41, 5.74) is 1.82. The maximum Gasteiger partial charge on any atom is 0.191 e. The van der Waals surface area contributed by atoms with Gasteiger partial charge in [-0.15, -0.1) is 16.8 Å². The van der Waals surface area contributed by atoms with Gasteiger partial charge in [0.25, 0.3) is 0 Å². The summed E-state index contributed by atoms with van der Waals surface area (Å²) in [7, 11) is 0. The summed E-state index contributed by atoms with van der Waals surface area (Å²) in [6.07, 6.45) is 1.78. The van der Waals surface area contributed by atoms with Crippen molar-refractivity contribution in [2.45, 2.75) is 31.0 Å². The number of ether oxygens (including phenoxy) is 1. The van der Waals surface area contributed by atoms with Crippen molar-refractivity contribution < 1.29 is 9.13 Å². The molecule has 0 fully saturated rings. The van der Waals surface area contributed by atoms with Crippen molar-refractivity contribution in [3.8, 4) is 5.75 Å². The van der Waals surface area contributed by atoms with Crippen molar-refractivity contribution in [1.82, 2.24) is 14.8 Å². The molecule has 1 aromatic heterocycles. The molecule has 134 valence electrons. The van der Waals surface area contributed by atoms with Gasteiger partial charge in [-0.2, -0.15) is 0 Å². The van der Waals surface area contributed by atoms with Crippen LogP contribution in [0.3, 0.4) is 0 Å². The third kappa shape index (κ3) is 4.52. The Bertz CT molecular complexity index is 877. The molecule has 0 unspecified atom stereocenters. The number of nitrogens with zero attached hydrogens (tertiary/aromatic N) is 3. The lowest BCUT2D eigenvalue weighted by Gasteiger charge is -2.09. The van der Waals surface area contributed by atoms with E-state index in [0.717, 1.165) is 10.9 Å². The van der Waals surface area contributed by atoms with Gasteiger partial charge in [0.05, 0.1) is 0 Å². The summed E-state index contributed by atoms with van der Waals surface area (Å²) < 4.78 is 21.5. The van der Waals surface area contributed by atoms with Crippen LogP contribution in [0.1, 0.15) is 17.0 Å². The molecule has 0 spiro atoms. The SMILES string of the molecule is C=CCn1c(COc2ccc(C)cc2)nnc1SCc1ccccc1F. The maximum absolute atomic E-state index is 13.8. The third-order valence-corrected chi connectivity index (χ3v) is 4.82. The highest BCUT2D eigenvalue weighted by Crippen LogP contribution is 2.24. The number of hydrogen-bond acceptors (Lipinski definition) is 4. The lowest BCUT2D eigenvalue weighted by molar-refractivity contribution is 0.289. The highest BCUT2D eigenvalue weighted by molar-refractivity contribution is 7.98. The van der Waals surface area contributed by atoms with Crippen LogP contribution >= 0.6 is 11.8 Å². The first-order valence-corrected chi connectivity index (χ1v) is 9.24. The van der Waals surface area contributed by atoms with Gasteiger partial charge in [0, 0.05) is 12.3 Å². The molecule has 0 amide bonds. The predicted octanol–water partition coefficient (Wildman–Crippen LogP) is 4.78. The monoisotopic (exact) mass is 369 g/mol. The van der Waals surface area contributed by atoms with Crippen LogP contribution < -0.4 is 4.74 Å². The Kier molecular flexibility index (Phi) is 6.07. The zero-order valence-corrected chi connectivity index (χ0v) is 15.4. The van der Waals surface area contributed by atoms with Crippen molar-refractivity contribution in [3.63, 3.8) is 0 Å². The molecule has 0 aliphatic carbocycles. The number of benzene rings is 2. The Hall–Kier alpha value is -2.60. The summed E-state index contributed by atoms with van der Waals surface area (Å²) >= 11 is 1.44. The van der Waals surface area contributed by atoms with Crippen molar-refractivity contribution in [2.24, 2.45) is 0 Å². The smallest absolute Gasteiger partial charge is 0.191 e. The zero-order valence-electron chi connectivity index (χ0n) is 14.6. The number of thioether (sulfide) groups is 1. The summed E-state index contributed by atoms with van der Waals surface area (Å²) in [5, 5.41) is 9.18. The minimum atomic E-state index is -0.210. The predicted molar refractivity (Wildman–Crippen MR) is 102 cm³/mol. The fraction of sp³-hybridized carbons (Fsp3) is 0.200. The second kappa shape index (κ2) is 8.67. The average Bonchev–Trinajstić information content (AvgIpc) is 3.03. The van der Waals surface area contributed by atoms with E-state index in [1.807, 2.05) is 41.8 Å². The lowest BCUT2D eigenvalue weighted by Crippen LogP contribution is -2.07. The first-order chi connectivity index (χ1) is 12.7. The summed E-state index contributed by atoms with van der Waals surface area (Å²) in [6, 6.07) is 14.6. The van der Waals surface area contributed by atoms with Gasteiger partial charge in [-0.1, -0.05) is 53.7 Å². The van der Waals surface area contributed by atoms with Gasteiger partial charge in [0.15, 0.2) is 11.0 Å². The molecule has 4 nitrogen and oxygen atoms in total. The number of allylic oxidation sites excluding steroid dienone is 1.